The van der Waals surface area contributed by atoms with E-state index in [0.717, 1.165) is 13.8 Å². The van der Waals surface area contributed by atoms with Crippen LogP contribution in [0.15, 0.2) is 0 Å². The Hall–Kier alpha value is -0.330. The predicted molar refractivity (Wildman–Crippen MR) is 52.8 cm³/mol. The largest absolute Gasteiger partial charge is 0.340 e. The van der Waals surface area contributed by atoms with E-state index in [1.807, 2.05) is 0 Å². The van der Waals surface area contributed by atoms with Crippen LogP contribution in [0.1, 0.15) is 26.7 Å². The fraction of sp³-hybridized carbons (Fsp3) is 0.889. The summed E-state index contributed by atoms with van der Waals surface area (Å²) in [6, 6.07) is 0. The van der Waals surface area contributed by atoms with Crippen LogP contribution in [0.3, 0.4) is 0 Å². The molecule has 0 aromatic rings. The lowest BCUT2D eigenvalue weighted by Crippen LogP contribution is -2.48. The summed E-state index contributed by atoms with van der Waals surface area (Å²) >= 11 is 0.519. The molecule has 16 heavy (non-hydrogen) atoms. The molecule has 1 unspecified atom stereocenters. The van der Waals surface area contributed by atoms with E-state index in [2.05, 4.69) is 0 Å². The summed E-state index contributed by atoms with van der Waals surface area (Å²) in [4.78, 5) is 10.4. The van der Waals surface area contributed by atoms with Crippen molar-refractivity contribution in [2.75, 3.05) is 5.75 Å². The molecule has 0 aromatic carbocycles. The highest BCUT2D eigenvalue weighted by Crippen LogP contribution is 2.42. The van der Waals surface area contributed by atoms with E-state index < -0.39 is 41.7 Å². The van der Waals surface area contributed by atoms with Crippen molar-refractivity contribution in [1.29, 1.82) is 0 Å². The summed E-state index contributed by atoms with van der Waals surface area (Å²) < 4.78 is 64.4. The van der Waals surface area contributed by atoms with Crippen LogP contribution in [0.25, 0.3) is 0 Å². The Morgan fingerprint density at radius 2 is 1.81 bits per heavy atom. The predicted octanol–water partition coefficient (Wildman–Crippen LogP) is 3.67. The fourth-order valence-corrected chi connectivity index (χ4v) is 1.62. The average Bonchev–Trinajstić information content (AvgIpc) is 2.15. The molecule has 0 aliphatic heterocycles. The number of carbonyl (C=O) groups is 1. The van der Waals surface area contributed by atoms with Crippen LogP contribution in [0.2, 0.25) is 0 Å². The highest BCUT2D eigenvalue weighted by molar-refractivity contribution is 8.13. The van der Waals surface area contributed by atoms with Gasteiger partial charge in [-0.3, -0.25) is 4.79 Å². The van der Waals surface area contributed by atoms with Crippen molar-refractivity contribution < 1.29 is 26.7 Å². The lowest BCUT2D eigenvalue weighted by Gasteiger charge is -2.28. The van der Waals surface area contributed by atoms with Crippen LogP contribution >= 0.6 is 11.8 Å². The van der Waals surface area contributed by atoms with E-state index >= 15 is 0 Å². The Labute approximate surface area is 94.8 Å². The van der Waals surface area contributed by atoms with Crippen LogP contribution in [-0.2, 0) is 4.79 Å². The van der Waals surface area contributed by atoms with Gasteiger partial charge in [-0.25, -0.2) is 4.39 Å². The van der Waals surface area contributed by atoms with Gasteiger partial charge in [-0.05, 0) is 6.42 Å². The number of carbonyl (C=O) groups excluding carboxylic acids is 1. The van der Waals surface area contributed by atoms with E-state index in [-0.39, 0.29) is 0 Å². The average molecular weight is 264 g/mol. The molecule has 0 saturated carbocycles. The molecule has 1 atom stereocenters. The van der Waals surface area contributed by atoms with Crippen molar-refractivity contribution in [3.05, 3.63) is 0 Å². The molecule has 0 aromatic heterocycles. The van der Waals surface area contributed by atoms with Crippen molar-refractivity contribution in [3.63, 3.8) is 0 Å². The highest BCUT2D eigenvalue weighted by atomic mass is 32.2. The zero-order valence-corrected chi connectivity index (χ0v) is 9.72. The summed E-state index contributed by atoms with van der Waals surface area (Å²) in [7, 11) is 0. The van der Waals surface area contributed by atoms with Crippen molar-refractivity contribution in [2.45, 2.75) is 44.7 Å². The minimum atomic E-state index is -4.68. The summed E-state index contributed by atoms with van der Waals surface area (Å²) in [6.07, 6.45) is -4.77. The molecule has 7 heteroatoms. The molecule has 0 spiro atoms. The van der Waals surface area contributed by atoms with E-state index in [0.29, 0.717) is 11.8 Å². The van der Waals surface area contributed by atoms with Gasteiger partial charge in [-0.15, -0.1) is 0 Å². The Morgan fingerprint density at radius 3 is 2.19 bits per heavy atom. The molecule has 0 aliphatic carbocycles. The first-order valence-corrected chi connectivity index (χ1v) is 5.66. The molecular weight excluding hydrogens is 251 g/mol. The van der Waals surface area contributed by atoms with Crippen molar-refractivity contribution in [3.8, 4) is 0 Å². The maximum Gasteiger partial charge on any atom is 0.340 e. The highest BCUT2D eigenvalue weighted by Gasteiger charge is 2.60. The number of rotatable bonds is 6. The summed E-state index contributed by atoms with van der Waals surface area (Å²) in [5.41, 5.74) is 0. The number of hydrogen-bond acceptors (Lipinski definition) is 2. The summed E-state index contributed by atoms with van der Waals surface area (Å²) in [6.45, 7) is 2.21. The zero-order chi connectivity index (χ0) is 13.0. The number of thioether (sulfide) groups is 1. The van der Waals surface area contributed by atoms with Gasteiger partial charge in [0.1, 0.15) is 0 Å². The molecule has 96 valence electrons. The second-order valence-electron chi connectivity index (χ2n) is 3.29. The van der Waals surface area contributed by atoms with Gasteiger partial charge in [0.25, 0.3) is 0 Å². The second-order valence-corrected chi connectivity index (χ2v) is 4.57. The van der Waals surface area contributed by atoms with Crippen LogP contribution in [0.5, 0.6) is 0 Å². The maximum absolute atomic E-state index is 13.0. The Kier molecular flexibility index (Phi) is 5.72. The normalized spacial score (nSPS) is 14.9. The van der Waals surface area contributed by atoms with Gasteiger partial charge in [0.05, 0.1) is 0 Å². The third kappa shape index (κ3) is 3.92. The van der Waals surface area contributed by atoms with Gasteiger partial charge < -0.3 is 0 Å². The van der Waals surface area contributed by atoms with Gasteiger partial charge in [0, 0.05) is 19.1 Å². The van der Waals surface area contributed by atoms with Crippen LogP contribution in [0.4, 0.5) is 22.0 Å². The van der Waals surface area contributed by atoms with Crippen LogP contribution in [0, 0.1) is 0 Å². The molecule has 0 N–H and O–H groups in total. The van der Waals surface area contributed by atoms with Gasteiger partial charge in [-0.1, -0.05) is 18.7 Å². The Balaban J connectivity index is 4.45. The van der Waals surface area contributed by atoms with Gasteiger partial charge in [-0.2, -0.15) is 17.6 Å². The molecule has 0 heterocycles. The molecule has 0 saturated heterocycles. The zero-order valence-electron chi connectivity index (χ0n) is 8.90. The van der Waals surface area contributed by atoms with E-state index in [1.54, 1.807) is 0 Å². The lowest BCUT2D eigenvalue weighted by atomic mass is 10.0. The number of hydrogen-bond donors (Lipinski definition) is 0. The van der Waals surface area contributed by atoms with E-state index in [4.69, 9.17) is 0 Å². The molecule has 0 rings (SSSR count). The topological polar surface area (TPSA) is 17.1 Å². The first kappa shape index (κ1) is 15.7. The number of halogens is 5. The molecule has 0 bridgehead atoms. The molecule has 0 amide bonds. The first-order valence-electron chi connectivity index (χ1n) is 4.68. The van der Waals surface area contributed by atoms with Crippen molar-refractivity contribution in [1.82, 2.24) is 0 Å². The standard InChI is InChI=1S/C9H13F5OS/c1-3-7(10)9(13,14)8(11,12)4-5-16-6(2)15/h7H,3-5H2,1-2H3. The Morgan fingerprint density at radius 1 is 1.31 bits per heavy atom. The Bertz CT molecular complexity index is 244. The third-order valence-corrected chi connectivity index (χ3v) is 2.78. The molecule has 0 fully saturated rings. The molecule has 0 aliphatic rings. The molecule has 1 nitrogen and oxygen atoms in total. The summed E-state index contributed by atoms with van der Waals surface area (Å²) in [5, 5.41) is -0.439. The monoisotopic (exact) mass is 264 g/mol. The minimum absolute atomic E-state index is 0.439. The van der Waals surface area contributed by atoms with E-state index in [1.165, 1.54) is 0 Å². The van der Waals surface area contributed by atoms with Crippen LogP contribution < -0.4 is 0 Å². The first-order chi connectivity index (χ1) is 7.15. The smallest absolute Gasteiger partial charge is 0.288 e. The molecular formula is C9H13F5OS. The van der Waals surface area contributed by atoms with Gasteiger partial charge >= 0.3 is 11.8 Å². The van der Waals surface area contributed by atoms with E-state index in [9.17, 15) is 26.7 Å². The lowest BCUT2D eigenvalue weighted by molar-refractivity contribution is -0.239. The maximum atomic E-state index is 13.0. The summed E-state index contributed by atoms with van der Waals surface area (Å²) in [5.74, 6) is -9.56. The SMILES string of the molecule is CCC(F)C(F)(F)C(F)(F)CCSC(C)=O. The van der Waals surface area contributed by atoms with Gasteiger partial charge in [0.2, 0.25) is 0 Å². The number of alkyl halides is 5. The molecule has 0 radical (unpaired) electrons. The minimum Gasteiger partial charge on any atom is -0.288 e. The van der Waals surface area contributed by atoms with Gasteiger partial charge in [0.15, 0.2) is 11.3 Å². The van der Waals surface area contributed by atoms with Crippen LogP contribution in [-0.4, -0.2) is 28.9 Å². The fourth-order valence-electron chi connectivity index (χ4n) is 0.975. The van der Waals surface area contributed by atoms with Crippen molar-refractivity contribution >= 4 is 16.9 Å². The van der Waals surface area contributed by atoms with Crippen molar-refractivity contribution in [2.24, 2.45) is 0 Å². The third-order valence-electron chi connectivity index (χ3n) is 1.96. The second kappa shape index (κ2) is 5.84. The quantitative estimate of drug-likeness (QED) is 0.681.